The average molecular weight is 224 g/mol. The van der Waals surface area contributed by atoms with E-state index in [0.29, 0.717) is 12.4 Å². The maximum atomic E-state index is 10.5. The largest absolute Gasteiger partial charge is 0.475 e. The van der Waals surface area contributed by atoms with Crippen LogP contribution < -0.4 is 0 Å². The summed E-state index contributed by atoms with van der Waals surface area (Å²) in [6, 6.07) is 3.10. The molecule has 1 fully saturated rings. The summed E-state index contributed by atoms with van der Waals surface area (Å²) in [7, 11) is 0. The molecule has 1 aromatic rings. The van der Waals surface area contributed by atoms with Gasteiger partial charge in [-0.2, -0.15) is 0 Å². The van der Waals surface area contributed by atoms with Crippen molar-refractivity contribution in [3.05, 3.63) is 23.7 Å². The van der Waals surface area contributed by atoms with Gasteiger partial charge in [-0.3, -0.25) is 0 Å². The summed E-state index contributed by atoms with van der Waals surface area (Å²) >= 11 is 0. The lowest BCUT2D eigenvalue weighted by atomic mass is 9.83. The Morgan fingerprint density at radius 1 is 1.50 bits per heavy atom. The Morgan fingerprint density at radius 2 is 2.31 bits per heavy atom. The summed E-state index contributed by atoms with van der Waals surface area (Å²) in [6.07, 6.45) is 5.11. The van der Waals surface area contributed by atoms with Crippen molar-refractivity contribution in [2.45, 2.75) is 32.3 Å². The van der Waals surface area contributed by atoms with E-state index in [0.717, 1.165) is 18.9 Å². The van der Waals surface area contributed by atoms with E-state index in [1.807, 2.05) is 0 Å². The van der Waals surface area contributed by atoms with Gasteiger partial charge in [0.2, 0.25) is 5.76 Å². The van der Waals surface area contributed by atoms with E-state index in [1.54, 1.807) is 6.07 Å². The van der Waals surface area contributed by atoms with Crippen LogP contribution in [0, 0.1) is 5.92 Å². The van der Waals surface area contributed by atoms with Crippen LogP contribution in [0.2, 0.25) is 0 Å². The van der Waals surface area contributed by atoms with Gasteiger partial charge in [-0.15, -0.1) is 0 Å². The highest BCUT2D eigenvalue weighted by Gasteiger charge is 2.16. The smallest absolute Gasteiger partial charge is 0.371 e. The number of carboxylic acids is 1. The van der Waals surface area contributed by atoms with Gasteiger partial charge in [-0.25, -0.2) is 4.79 Å². The molecule has 1 N–H and O–H groups in total. The van der Waals surface area contributed by atoms with Gasteiger partial charge in [0.05, 0.1) is 0 Å². The molecule has 2 rings (SSSR count). The first-order valence-corrected chi connectivity index (χ1v) is 5.65. The third-order valence-electron chi connectivity index (χ3n) is 3.01. The minimum atomic E-state index is -1.04. The number of carbonyl (C=O) groups is 1. The van der Waals surface area contributed by atoms with E-state index in [-0.39, 0.29) is 5.76 Å². The second-order valence-electron chi connectivity index (χ2n) is 4.21. The highest BCUT2D eigenvalue weighted by Crippen LogP contribution is 2.29. The Balaban J connectivity index is 1.66. The van der Waals surface area contributed by atoms with Crippen LogP contribution in [0.25, 0.3) is 0 Å². The number of aromatic carboxylic acids is 1. The molecule has 4 heteroatoms. The lowest BCUT2D eigenvalue weighted by molar-refractivity contribution is 0.0636. The molecule has 0 aromatic carbocycles. The lowest BCUT2D eigenvalue weighted by Crippen LogP contribution is -2.13. The fraction of sp³-hybridized carbons (Fsp3) is 0.583. The summed E-state index contributed by atoms with van der Waals surface area (Å²) in [5.41, 5.74) is 0. The SMILES string of the molecule is O=C(O)c1ccc(COCCC2CCC2)o1. The molecule has 1 aliphatic rings. The van der Waals surface area contributed by atoms with Crippen LogP contribution in [0.15, 0.2) is 16.5 Å². The van der Waals surface area contributed by atoms with Crippen molar-refractivity contribution in [1.29, 1.82) is 0 Å². The number of carboxylic acid groups (broad SMARTS) is 1. The van der Waals surface area contributed by atoms with E-state index in [9.17, 15) is 4.79 Å². The second-order valence-corrected chi connectivity index (χ2v) is 4.21. The van der Waals surface area contributed by atoms with E-state index in [2.05, 4.69) is 0 Å². The summed E-state index contributed by atoms with van der Waals surface area (Å²) in [6.45, 7) is 1.09. The van der Waals surface area contributed by atoms with Gasteiger partial charge in [0.25, 0.3) is 0 Å². The molecular formula is C12H16O4. The number of hydrogen-bond acceptors (Lipinski definition) is 3. The zero-order valence-corrected chi connectivity index (χ0v) is 9.15. The molecule has 4 nitrogen and oxygen atoms in total. The van der Waals surface area contributed by atoms with Gasteiger partial charge >= 0.3 is 5.97 Å². The number of rotatable bonds is 6. The Morgan fingerprint density at radius 3 is 2.88 bits per heavy atom. The molecule has 0 radical (unpaired) electrons. The van der Waals surface area contributed by atoms with Crippen molar-refractivity contribution in [1.82, 2.24) is 0 Å². The maximum Gasteiger partial charge on any atom is 0.371 e. The third-order valence-corrected chi connectivity index (χ3v) is 3.01. The van der Waals surface area contributed by atoms with E-state index < -0.39 is 5.97 Å². The molecule has 0 bridgehead atoms. The van der Waals surface area contributed by atoms with E-state index in [1.165, 1.54) is 25.3 Å². The summed E-state index contributed by atoms with van der Waals surface area (Å²) in [5, 5.41) is 8.65. The minimum Gasteiger partial charge on any atom is -0.475 e. The summed E-state index contributed by atoms with van der Waals surface area (Å²) < 4.78 is 10.5. The highest BCUT2D eigenvalue weighted by molar-refractivity contribution is 5.84. The molecule has 0 amide bonds. The quantitative estimate of drug-likeness (QED) is 0.755. The zero-order valence-electron chi connectivity index (χ0n) is 9.15. The van der Waals surface area contributed by atoms with Crippen LogP contribution in [-0.2, 0) is 11.3 Å². The minimum absolute atomic E-state index is 0.0300. The van der Waals surface area contributed by atoms with Crippen molar-refractivity contribution < 1.29 is 19.1 Å². The molecule has 1 aromatic heterocycles. The third kappa shape index (κ3) is 2.85. The maximum absolute atomic E-state index is 10.5. The van der Waals surface area contributed by atoms with Crippen LogP contribution in [-0.4, -0.2) is 17.7 Å². The standard InChI is InChI=1S/C12H16O4/c13-12(14)11-5-4-10(16-11)8-15-7-6-9-2-1-3-9/h4-5,9H,1-3,6-8H2,(H,13,14). The molecule has 0 unspecified atom stereocenters. The normalized spacial score (nSPS) is 16.0. The van der Waals surface area contributed by atoms with Gasteiger partial charge in [-0.1, -0.05) is 19.3 Å². The fourth-order valence-electron chi connectivity index (χ4n) is 1.77. The Labute approximate surface area is 94.2 Å². The van der Waals surface area contributed by atoms with Crippen molar-refractivity contribution in [2.24, 2.45) is 5.92 Å². The predicted octanol–water partition coefficient (Wildman–Crippen LogP) is 2.68. The molecule has 0 atom stereocenters. The molecule has 0 saturated heterocycles. The second kappa shape index (κ2) is 5.16. The van der Waals surface area contributed by atoms with Crippen molar-refractivity contribution in [3.63, 3.8) is 0 Å². The van der Waals surface area contributed by atoms with Crippen LogP contribution >= 0.6 is 0 Å². The first-order valence-electron chi connectivity index (χ1n) is 5.65. The topological polar surface area (TPSA) is 59.7 Å². The number of ether oxygens (including phenoxy) is 1. The average Bonchev–Trinajstić information content (AvgIpc) is 2.63. The molecule has 16 heavy (non-hydrogen) atoms. The van der Waals surface area contributed by atoms with Crippen LogP contribution in [0.1, 0.15) is 42.0 Å². The van der Waals surface area contributed by atoms with Gasteiger partial charge in [-0.05, 0) is 24.5 Å². The summed E-state index contributed by atoms with van der Waals surface area (Å²) in [4.78, 5) is 10.5. The Kier molecular flexibility index (Phi) is 3.62. The molecule has 1 saturated carbocycles. The first-order chi connectivity index (χ1) is 7.75. The van der Waals surface area contributed by atoms with Crippen LogP contribution in [0.4, 0.5) is 0 Å². The van der Waals surface area contributed by atoms with Crippen LogP contribution in [0.3, 0.4) is 0 Å². The van der Waals surface area contributed by atoms with Crippen molar-refractivity contribution >= 4 is 5.97 Å². The first kappa shape index (κ1) is 11.2. The van der Waals surface area contributed by atoms with Gasteiger partial charge < -0.3 is 14.3 Å². The van der Waals surface area contributed by atoms with Gasteiger partial charge in [0, 0.05) is 6.61 Å². The molecule has 1 heterocycles. The Hall–Kier alpha value is -1.29. The summed E-state index contributed by atoms with van der Waals surface area (Å²) in [5.74, 6) is 0.343. The number of hydrogen-bond donors (Lipinski definition) is 1. The predicted molar refractivity (Wildman–Crippen MR) is 57.3 cm³/mol. The van der Waals surface area contributed by atoms with Crippen molar-refractivity contribution in [3.8, 4) is 0 Å². The van der Waals surface area contributed by atoms with Crippen LogP contribution in [0.5, 0.6) is 0 Å². The number of furan rings is 1. The monoisotopic (exact) mass is 224 g/mol. The fourth-order valence-corrected chi connectivity index (χ4v) is 1.77. The molecule has 0 spiro atoms. The van der Waals surface area contributed by atoms with E-state index >= 15 is 0 Å². The van der Waals surface area contributed by atoms with Crippen molar-refractivity contribution in [2.75, 3.05) is 6.61 Å². The molecule has 0 aliphatic heterocycles. The van der Waals surface area contributed by atoms with E-state index in [4.69, 9.17) is 14.3 Å². The Bertz CT molecular complexity index is 352. The lowest BCUT2D eigenvalue weighted by Gasteiger charge is -2.24. The highest BCUT2D eigenvalue weighted by atomic mass is 16.5. The zero-order chi connectivity index (χ0) is 11.4. The van der Waals surface area contributed by atoms with Gasteiger partial charge in [0.1, 0.15) is 12.4 Å². The van der Waals surface area contributed by atoms with Gasteiger partial charge in [0.15, 0.2) is 0 Å². The molecule has 88 valence electrons. The molecule has 1 aliphatic carbocycles. The molecular weight excluding hydrogens is 208 g/mol.